The number of hydrogen-bond donors (Lipinski definition) is 2. The number of pyridine rings is 1. The van der Waals surface area contributed by atoms with Gasteiger partial charge in [-0.2, -0.15) is 0 Å². The van der Waals surface area contributed by atoms with Crippen molar-refractivity contribution in [3.63, 3.8) is 0 Å². The van der Waals surface area contributed by atoms with E-state index in [0.717, 1.165) is 21.6 Å². The van der Waals surface area contributed by atoms with Crippen LogP contribution in [0.4, 0.5) is 0 Å². The van der Waals surface area contributed by atoms with Gasteiger partial charge in [0.25, 0.3) is 0 Å². The molecule has 0 aliphatic heterocycles. The Hall–Kier alpha value is -2.01. The summed E-state index contributed by atoms with van der Waals surface area (Å²) in [4.78, 5) is 10.9. The number of thiophene rings is 1. The van der Waals surface area contributed by atoms with E-state index < -0.39 is 5.97 Å². The minimum atomic E-state index is -1.09. The number of hydrogen-bond acceptors (Lipinski definition) is 3. The standard InChI is InChI=1S/C11H7NO3S/c13-9-8-7(16-10(9)11(14)15)5-6-3-1-2-4-12(6)8/h1-5,13H,(H,14,15). The summed E-state index contributed by atoms with van der Waals surface area (Å²) in [6.07, 6.45) is 1.80. The van der Waals surface area contributed by atoms with Crippen LogP contribution < -0.4 is 0 Å². The molecule has 16 heavy (non-hydrogen) atoms. The highest BCUT2D eigenvalue weighted by Crippen LogP contribution is 2.38. The topological polar surface area (TPSA) is 61.9 Å². The van der Waals surface area contributed by atoms with Crippen molar-refractivity contribution in [1.29, 1.82) is 0 Å². The van der Waals surface area contributed by atoms with Gasteiger partial charge in [0, 0.05) is 11.7 Å². The molecule has 80 valence electrons. The monoisotopic (exact) mass is 233 g/mol. The SMILES string of the molecule is O=C(O)c1sc2cc3ccccn3c2c1O. The molecule has 0 aliphatic carbocycles. The predicted molar refractivity (Wildman–Crippen MR) is 61.4 cm³/mol. The second-order valence-electron chi connectivity index (χ2n) is 3.44. The molecular weight excluding hydrogens is 226 g/mol. The largest absolute Gasteiger partial charge is 0.504 e. The fourth-order valence-corrected chi connectivity index (χ4v) is 2.79. The van der Waals surface area contributed by atoms with Crippen LogP contribution in [0.2, 0.25) is 0 Å². The van der Waals surface area contributed by atoms with Gasteiger partial charge in [-0.05, 0) is 18.2 Å². The average molecular weight is 233 g/mol. The number of carboxylic acid groups (broad SMARTS) is 1. The molecule has 3 aromatic rings. The second kappa shape index (κ2) is 2.99. The molecule has 0 bridgehead atoms. The maximum atomic E-state index is 10.9. The van der Waals surface area contributed by atoms with Gasteiger partial charge in [0.2, 0.25) is 0 Å². The summed E-state index contributed by atoms with van der Waals surface area (Å²) in [7, 11) is 0. The molecule has 0 saturated carbocycles. The Morgan fingerprint density at radius 1 is 1.38 bits per heavy atom. The number of aromatic hydroxyl groups is 1. The van der Waals surface area contributed by atoms with Crippen LogP contribution in [0.3, 0.4) is 0 Å². The van der Waals surface area contributed by atoms with Crippen molar-refractivity contribution < 1.29 is 15.0 Å². The maximum absolute atomic E-state index is 10.9. The normalized spacial score (nSPS) is 11.2. The lowest BCUT2D eigenvalue weighted by atomic mass is 10.4. The Labute approximate surface area is 94.0 Å². The van der Waals surface area contributed by atoms with Crippen LogP contribution in [0, 0.1) is 0 Å². The summed E-state index contributed by atoms with van der Waals surface area (Å²) in [5, 5.41) is 18.8. The summed E-state index contributed by atoms with van der Waals surface area (Å²) in [5.74, 6) is -1.25. The first-order valence-corrected chi connectivity index (χ1v) is 5.45. The Bertz CT molecular complexity index is 710. The lowest BCUT2D eigenvalue weighted by Gasteiger charge is -1.95. The molecular formula is C11H7NO3S. The van der Waals surface area contributed by atoms with Crippen molar-refractivity contribution in [2.45, 2.75) is 0 Å². The fourth-order valence-electron chi connectivity index (χ4n) is 1.82. The van der Waals surface area contributed by atoms with E-state index in [0.29, 0.717) is 5.52 Å². The maximum Gasteiger partial charge on any atom is 0.349 e. The number of fused-ring (bicyclic) bond motifs is 3. The van der Waals surface area contributed by atoms with Crippen molar-refractivity contribution in [3.8, 4) is 5.75 Å². The third-order valence-electron chi connectivity index (χ3n) is 2.49. The average Bonchev–Trinajstić information content (AvgIpc) is 2.75. The number of aromatic nitrogens is 1. The molecule has 2 N–H and O–H groups in total. The molecule has 5 heteroatoms. The van der Waals surface area contributed by atoms with Gasteiger partial charge in [-0.15, -0.1) is 11.3 Å². The number of rotatable bonds is 1. The van der Waals surface area contributed by atoms with Gasteiger partial charge in [-0.25, -0.2) is 4.79 Å². The fraction of sp³-hybridized carbons (Fsp3) is 0. The van der Waals surface area contributed by atoms with Crippen LogP contribution in [0.5, 0.6) is 5.75 Å². The minimum Gasteiger partial charge on any atom is -0.504 e. The molecule has 0 radical (unpaired) electrons. The highest BCUT2D eigenvalue weighted by molar-refractivity contribution is 7.21. The Balaban J connectivity index is 2.50. The summed E-state index contributed by atoms with van der Waals surface area (Å²) >= 11 is 1.09. The van der Waals surface area contributed by atoms with E-state index in [9.17, 15) is 9.90 Å². The van der Waals surface area contributed by atoms with Crippen LogP contribution in [0.25, 0.3) is 15.7 Å². The smallest absolute Gasteiger partial charge is 0.349 e. The molecule has 0 fully saturated rings. The van der Waals surface area contributed by atoms with E-state index >= 15 is 0 Å². The van der Waals surface area contributed by atoms with Gasteiger partial charge < -0.3 is 14.6 Å². The first kappa shape index (κ1) is 9.23. The highest BCUT2D eigenvalue weighted by Gasteiger charge is 2.19. The van der Waals surface area contributed by atoms with Gasteiger partial charge in [0.15, 0.2) is 10.6 Å². The number of carbonyl (C=O) groups is 1. The Kier molecular flexibility index (Phi) is 1.73. The van der Waals surface area contributed by atoms with Crippen molar-refractivity contribution in [3.05, 3.63) is 35.3 Å². The number of carboxylic acids is 1. The molecule has 4 nitrogen and oxygen atoms in total. The zero-order chi connectivity index (χ0) is 11.3. The van der Waals surface area contributed by atoms with E-state index in [-0.39, 0.29) is 10.6 Å². The summed E-state index contributed by atoms with van der Waals surface area (Å²) in [6.45, 7) is 0. The molecule has 3 rings (SSSR count). The van der Waals surface area contributed by atoms with Crippen molar-refractivity contribution >= 4 is 33.0 Å². The third-order valence-corrected chi connectivity index (χ3v) is 3.59. The first-order valence-electron chi connectivity index (χ1n) is 4.63. The van der Waals surface area contributed by atoms with E-state index in [1.54, 1.807) is 10.6 Å². The summed E-state index contributed by atoms with van der Waals surface area (Å²) in [6, 6.07) is 7.51. The lowest BCUT2D eigenvalue weighted by molar-refractivity contribution is 0.0699. The summed E-state index contributed by atoms with van der Waals surface area (Å²) < 4.78 is 2.56. The minimum absolute atomic E-state index is 0.0109. The van der Waals surface area contributed by atoms with Crippen LogP contribution in [0.15, 0.2) is 30.5 Å². The van der Waals surface area contributed by atoms with Gasteiger partial charge >= 0.3 is 5.97 Å². The Morgan fingerprint density at radius 3 is 2.94 bits per heavy atom. The van der Waals surface area contributed by atoms with Crippen LogP contribution in [0.1, 0.15) is 9.67 Å². The predicted octanol–water partition coefficient (Wildman–Crippen LogP) is 2.56. The van der Waals surface area contributed by atoms with Gasteiger partial charge in [0.05, 0.1) is 4.70 Å². The molecule has 0 aromatic carbocycles. The van der Waals surface area contributed by atoms with E-state index in [2.05, 4.69) is 0 Å². The van der Waals surface area contributed by atoms with E-state index in [1.807, 2.05) is 24.3 Å². The third kappa shape index (κ3) is 1.06. The van der Waals surface area contributed by atoms with Gasteiger partial charge in [-0.3, -0.25) is 0 Å². The van der Waals surface area contributed by atoms with Crippen LogP contribution >= 0.6 is 11.3 Å². The molecule has 0 unspecified atom stereocenters. The molecule has 0 atom stereocenters. The number of aromatic carboxylic acids is 1. The lowest BCUT2D eigenvalue weighted by Crippen LogP contribution is -1.92. The quantitative estimate of drug-likeness (QED) is 0.679. The molecule has 0 amide bonds. The van der Waals surface area contributed by atoms with E-state index in [4.69, 9.17) is 5.11 Å². The van der Waals surface area contributed by atoms with Crippen molar-refractivity contribution in [2.24, 2.45) is 0 Å². The van der Waals surface area contributed by atoms with E-state index in [1.165, 1.54) is 0 Å². The zero-order valence-corrected chi connectivity index (χ0v) is 8.86. The van der Waals surface area contributed by atoms with Crippen molar-refractivity contribution in [2.75, 3.05) is 0 Å². The summed E-state index contributed by atoms with van der Waals surface area (Å²) in [5.41, 5.74) is 1.51. The zero-order valence-electron chi connectivity index (χ0n) is 8.04. The van der Waals surface area contributed by atoms with Gasteiger partial charge in [0.1, 0.15) is 5.52 Å². The molecule has 3 aromatic heterocycles. The molecule has 0 spiro atoms. The highest BCUT2D eigenvalue weighted by atomic mass is 32.1. The van der Waals surface area contributed by atoms with Gasteiger partial charge in [-0.1, -0.05) is 6.07 Å². The van der Waals surface area contributed by atoms with Crippen molar-refractivity contribution in [1.82, 2.24) is 4.40 Å². The second-order valence-corrected chi connectivity index (χ2v) is 4.49. The Morgan fingerprint density at radius 2 is 2.19 bits per heavy atom. The molecule has 0 aliphatic rings. The van der Waals surface area contributed by atoms with Crippen LogP contribution in [-0.4, -0.2) is 20.6 Å². The molecule has 0 saturated heterocycles. The molecule has 3 heterocycles. The first-order chi connectivity index (χ1) is 7.68. The van der Waals surface area contributed by atoms with Crippen LogP contribution in [-0.2, 0) is 0 Å². The number of nitrogens with zero attached hydrogens (tertiary/aromatic N) is 1.